The molecule has 0 spiro atoms. The minimum atomic E-state index is -0.634. The quantitative estimate of drug-likeness (QED) is 0.683. The Labute approximate surface area is 173 Å². The molecular weight excluding hydrogens is 370 g/mol. The number of nitrogens with two attached hydrogens (primary N) is 1. The first-order valence-electron chi connectivity index (χ1n) is 11.3. The lowest BCUT2D eigenvalue weighted by atomic mass is 9.43. The molecule has 0 radical (unpaired) electrons. The number of methoxy groups -OCH3 is 1. The molecule has 6 nitrogen and oxygen atoms in total. The fourth-order valence-corrected chi connectivity index (χ4v) is 8.40. The third-order valence-electron chi connectivity index (χ3n) is 9.46. The first-order chi connectivity index (χ1) is 13.6. The van der Waals surface area contributed by atoms with Crippen LogP contribution in [0.15, 0.2) is 0 Å². The van der Waals surface area contributed by atoms with Crippen molar-refractivity contribution in [3.05, 3.63) is 0 Å². The molecule has 3 N–H and O–H groups in total. The summed E-state index contributed by atoms with van der Waals surface area (Å²) in [7, 11) is 1.49. The van der Waals surface area contributed by atoms with Crippen LogP contribution >= 0.6 is 0 Å². The second kappa shape index (κ2) is 7.23. The Morgan fingerprint density at radius 2 is 1.79 bits per heavy atom. The van der Waals surface area contributed by atoms with Gasteiger partial charge in [0.25, 0.3) is 0 Å². The number of ether oxygens (including phenoxy) is 2. The molecule has 0 bridgehead atoms. The predicted molar refractivity (Wildman–Crippen MR) is 108 cm³/mol. The fraction of sp³-hybridized carbons (Fsp3) is 0.913. The van der Waals surface area contributed by atoms with Gasteiger partial charge >= 0.3 is 11.9 Å². The van der Waals surface area contributed by atoms with E-state index in [2.05, 4.69) is 13.8 Å². The molecule has 29 heavy (non-hydrogen) atoms. The molecule has 10 atom stereocenters. The molecule has 4 saturated carbocycles. The molecule has 4 aliphatic carbocycles. The van der Waals surface area contributed by atoms with Crippen molar-refractivity contribution in [1.82, 2.24) is 0 Å². The van der Waals surface area contributed by atoms with Crippen LogP contribution < -0.4 is 5.73 Å². The van der Waals surface area contributed by atoms with Gasteiger partial charge in [0.2, 0.25) is 0 Å². The van der Waals surface area contributed by atoms with Crippen molar-refractivity contribution < 1.29 is 24.2 Å². The molecule has 0 aromatic carbocycles. The van der Waals surface area contributed by atoms with Gasteiger partial charge in [-0.1, -0.05) is 13.8 Å². The van der Waals surface area contributed by atoms with Gasteiger partial charge in [0, 0.05) is 13.0 Å². The minimum absolute atomic E-state index is 0.0109. The number of esters is 2. The second-order valence-corrected chi connectivity index (χ2v) is 10.8. The summed E-state index contributed by atoms with van der Waals surface area (Å²) in [5.74, 6) is 1.25. The SMILES string of the molecule is COC(=O)[C@H]1CC[C@H]2[C@@H]3CC[C@H]4C[C@H](OC(C)=O)[C@@H](O)C[C@]4(C)[C@H]3[C@H](N)C[C@]12C. The first-order valence-corrected chi connectivity index (χ1v) is 11.3. The number of hydrogen-bond acceptors (Lipinski definition) is 6. The molecule has 0 unspecified atom stereocenters. The zero-order valence-corrected chi connectivity index (χ0v) is 18.2. The molecule has 6 heteroatoms. The average molecular weight is 408 g/mol. The van der Waals surface area contributed by atoms with Gasteiger partial charge in [0.1, 0.15) is 6.10 Å². The van der Waals surface area contributed by atoms with Crippen molar-refractivity contribution in [2.24, 2.45) is 46.2 Å². The van der Waals surface area contributed by atoms with Crippen LogP contribution in [0.3, 0.4) is 0 Å². The van der Waals surface area contributed by atoms with Crippen LogP contribution in [0.4, 0.5) is 0 Å². The van der Waals surface area contributed by atoms with Crippen molar-refractivity contribution in [3.63, 3.8) is 0 Å². The van der Waals surface area contributed by atoms with Gasteiger partial charge in [0.15, 0.2) is 0 Å². The van der Waals surface area contributed by atoms with E-state index in [9.17, 15) is 14.7 Å². The fourth-order valence-electron chi connectivity index (χ4n) is 8.40. The van der Waals surface area contributed by atoms with E-state index in [0.29, 0.717) is 30.1 Å². The van der Waals surface area contributed by atoms with Gasteiger partial charge < -0.3 is 20.3 Å². The molecule has 0 aliphatic heterocycles. The lowest BCUT2D eigenvalue weighted by Gasteiger charge is -2.63. The largest absolute Gasteiger partial charge is 0.469 e. The maximum Gasteiger partial charge on any atom is 0.309 e. The molecule has 0 amide bonds. The lowest BCUT2D eigenvalue weighted by molar-refractivity contribution is -0.186. The summed E-state index contributed by atoms with van der Waals surface area (Å²) < 4.78 is 10.6. The topological polar surface area (TPSA) is 98.8 Å². The maximum atomic E-state index is 12.5. The number of hydrogen-bond donors (Lipinski definition) is 2. The standard InChI is InChI=1S/C23H37NO5/c1-12(25)29-19-9-13-5-6-14-15-7-8-16(21(27)28-4)23(15,3)10-17(24)20(14)22(13,2)11-18(19)26/h13-20,26H,5-11,24H2,1-4H3/t13-,14-,15-,16+,17+,18-,19-,20+,22-,23-/m0/s1. The van der Waals surface area contributed by atoms with E-state index in [0.717, 1.165) is 38.5 Å². The van der Waals surface area contributed by atoms with Crippen LogP contribution in [0.5, 0.6) is 0 Å². The molecule has 0 heterocycles. The summed E-state index contributed by atoms with van der Waals surface area (Å²) in [6.45, 7) is 5.97. The van der Waals surface area contributed by atoms with Crippen molar-refractivity contribution in [2.75, 3.05) is 7.11 Å². The van der Waals surface area contributed by atoms with Crippen molar-refractivity contribution >= 4 is 11.9 Å². The van der Waals surface area contributed by atoms with E-state index in [1.165, 1.54) is 14.0 Å². The predicted octanol–water partition coefficient (Wildman–Crippen LogP) is 2.66. The number of rotatable bonds is 2. The highest BCUT2D eigenvalue weighted by Crippen LogP contribution is 2.67. The summed E-state index contributed by atoms with van der Waals surface area (Å²) in [6, 6.07) is 0.0109. The number of fused-ring (bicyclic) bond motifs is 5. The van der Waals surface area contributed by atoms with Crippen LogP contribution in [0.25, 0.3) is 0 Å². The van der Waals surface area contributed by atoms with E-state index in [4.69, 9.17) is 15.2 Å². The summed E-state index contributed by atoms with van der Waals surface area (Å²) in [5, 5.41) is 10.8. The van der Waals surface area contributed by atoms with Crippen molar-refractivity contribution in [1.29, 1.82) is 0 Å². The summed E-state index contributed by atoms with van der Waals surface area (Å²) in [4.78, 5) is 23.9. The van der Waals surface area contributed by atoms with Crippen molar-refractivity contribution in [3.8, 4) is 0 Å². The zero-order valence-electron chi connectivity index (χ0n) is 18.2. The van der Waals surface area contributed by atoms with Crippen molar-refractivity contribution in [2.45, 2.75) is 84.0 Å². The highest BCUT2D eigenvalue weighted by atomic mass is 16.6. The van der Waals surface area contributed by atoms with E-state index in [1.54, 1.807) is 0 Å². The van der Waals surface area contributed by atoms with Gasteiger partial charge in [-0.2, -0.15) is 0 Å². The molecule has 4 fully saturated rings. The second-order valence-electron chi connectivity index (χ2n) is 10.8. The highest BCUT2D eigenvalue weighted by molar-refractivity contribution is 5.74. The van der Waals surface area contributed by atoms with E-state index in [1.807, 2.05) is 0 Å². The molecule has 0 saturated heterocycles. The Morgan fingerprint density at radius 3 is 2.45 bits per heavy atom. The third-order valence-corrected chi connectivity index (χ3v) is 9.46. The number of carbonyl (C=O) groups is 2. The molecular formula is C23H37NO5. The van der Waals surface area contributed by atoms with Crippen LogP contribution in [0.1, 0.15) is 65.7 Å². The third kappa shape index (κ3) is 3.13. The molecule has 4 aliphatic rings. The minimum Gasteiger partial charge on any atom is -0.469 e. The Hall–Kier alpha value is -1.14. The number of aliphatic hydroxyl groups excluding tert-OH is 1. The number of carbonyl (C=O) groups excluding carboxylic acids is 2. The van der Waals surface area contributed by atoms with Gasteiger partial charge in [-0.15, -0.1) is 0 Å². The maximum absolute atomic E-state index is 12.5. The smallest absolute Gasteiger partial charge is 0.309 e. The van der Waals surface area contributed by atoms with Crippen LogP contribution in [-0.2, 0) is 19.1 Å². The van der Waals surface area contributed by atoms with Crippen LogP contribution in [0, 0.1) is 40.4 Å². The summed E-state index contributed by atoms with van der Waals surface area (Å²) >= 11 is 0. The van der Waals surface area contributed by atoms with E-state index < -0.39 is 12.2 Å². The zero-order chi connectivity index (χ0) is 21.1. The average Bonchev–Trinajstić information content (AvgIpc) is 2.97. The van der Waals surface area contributed by atoms with E-state index >= 15 is 0 Å². The molecule has 0 aromatic rings. The molecule has 164 valence electrons. The normalized spacial score (nSPS) is 51.4. The lowest BCUT2D eigenvalue weighted by Crippen LogP contribution is -2.63. The van der Waals surface area contributed by atoms with E-state index in [-0.39, 0.29) is 34.7 Å². The van der Waals surface area contributed by atoms with Crippen LogP contribution in [-0.4, -0.2) is 42.4 Å². The van der Waals surface area contributed by atoms with Gasteiger partial charge in [0.05, 0.1) is 19.1 Å². The molecule has 0 aromatic heterocycles. The van der Waals surface area contributed by atoms with Crippen LogP contribution in [0.2, 0.25) is 0 Å². The van der Waals surface area contributed by atoms with Gasteiger partial charge in [-0.25, -0.2) is 0 Å². The highest BCUT2D eigenvalue weighted by Gasteiger charge is 2.64. The first kappa shape index (κ1) is 21.1. The molecule has 4 rings (SSSR count). The van der Waals surface area contributed by atoms with Gasteiger partial charge in [-0.3, -0.25) is 9.59 Å². The Balaban J connectivity index is 1.61. The summed E-state index contributed by atoms with van der Waals surface area (Å²) in [6.07, 6.45) is 5.29. The number of aliphatic hydroxyl groups is 1. The Kier molecular flexibility index (Phi) is 5.26. The van der Waals surface area contributed by atoms with Gasteiger partial charge in [-0.05, 0) is 79.4 Å². The summed E-state index contributed by atoms with van der Waals surface area (Å²) in [5.41, 5.74) is 6.72. The Morgan fingerprint density at radius 1 is 1.07 bits per heavy atom. The Bertz CT molecular complexity index is 682. The monoisotopic (exact) mass is 407 g/mol.